The van der Waals surface area contributed by atoms with Crippen molar-refractivity contribution in [1.29, 1.82) is 0 Å². The second kappa shape index (κ2) is 5.88. The topological polar surface area (TPSA) is 83.0 Å². The highest BCUT2D eigenvalue weighted by Crippen LogP contribution is 2.18. The second-order valence-corrected chi connectivity index (χ2v) is 5.68. The van der Waals surface area contributed by atoms with Gasteiger partial charge in [0.1, 0.15) is 5.69 Å². The van der Waals surface area contributed by atoms with Crippen molar-refractivity contribution in [1.82, 2.24) is 9.97 Å². The predicted octanol–water partition coefficient (Wildman–Crippen LogP) is 2.02. The molecule has 0 saturated heterocycles. The summed E-state index contributed by atoms with van der Waals surface area (Å²) in [4.78, 5) is 29.5. The Kier molecular flexibility index (Phi) is 4.21. The van der Waals surface area contributed by atoms with E-state index in [2.05, 4.69) is 9.97 Å². The first-order valence-electron chi connectivity index (χ1n) is 5.87. The Bertz CT molecular complexity index is 654. The largest absolute Gasteiger partial charge is 0.481 e. The molecule has 1 unspecified atom stereocenters. The summed E-state index contributed by atoms with van der Waals surface area (Å²) >= 11 is 1.42. The van der Waals surface area contributed by atoms with E-state index < -0.39 is 5.97 Å². The third kappa shape index (κ3) is 3.57. The first kappa shape index (κ1) is 13.6. The van der Waals surface area contributed by atoms with Gasteiger partial charge in [-0.05, 0) is 12.1 Å². The SMILES string of the molecule is CC(CC(=O)O)SCc1nc2ccccc2[nH]c1=O. The van der Waals surface area contributed by atoms with Gasteiger partial charge in [0.25, 0.3) is 5.56 Å². The summed E-state index contributed by atoms with van der Waals surface area (Å²) in [6, 6.07) is 7.33. The molecule has 0 spiro atoms. The highest BCUT2D eigenvalue weighted by molar-refractivity contribution is 7.99. The van der Waals surface area contributed by atoms with Crippen LogP contribution in [0.25, 0.3) is 11.0 Å². The number of rotatable bonds is 5. The van der Waals surface area contributed by atoms with Gasteiger partial charge in [-0.2, -0.15) is 11.8 Å². The van der Waals surface area contributed by atoms with Crippen LogP contribution in [0.15, 0.2) is 29.1 Å². The van der Waals surface area contributed by atoms with Crippen LogP contribution in [0, 0.1) is 0 Å². The highest BCUT2D eigenvalue weighted by Gasteiger charge is 2.11. The van der Waals surface area contributed by atoms with E-state index in [0.29, 0.717) is 17.0 Å². The second-order valence-electron chi connectivity index (χ2n) is 4.25. The molecule has 19 heavy (non-hydrogen) atoms. The number of H-pyrrole nitrogens is 1. The molecular weight excluding hydrogens is 264 g/mol. The van der Waals surface area contributed by atoms with Crippen LogP contribution in [0.3, 0.4) is 0 Å². The van der Waals surface area contributed by atoms with Crippen LogP contribution >= 0.6 is 11.8 Å². The molecule has 1 aromatic carbocycles. The fourth-order valence-electron chi connectivity index (χ4n) is 1.69. The molecule has 0 saturated carbocycles. The average Bonchev–Trinajstić information content (AvgIpc) is 2.35. The lowest BCUT2D eigenvalue weighted by molar-refractivity contribution is -0.136. The van der Waals surface area contributed by atoms with Crippen molar-refractivity contribution in [3.8, 4) is 0 Å². The molecule has 6 heteroatoms. The lowest BCUT2D eigenvalue weighted by atomic mass is 10.3. The highest BCUT2D eigenvalue weighted by atomic mass is 32.2. The number of carboxylic acids is 1. The summed E-state index contributed by atoms with van der Waals surface area (Å²) in [5.74, 6) is -0.422. The quantitative estimate of drug-likeness (QED) is 0.874. The number of hydrogen-bond donors (Lipinski definition) is 2. The number of aliphatic carboxylic acids is 1. The molecule has 1 atom stereocenters. The molecule has 0 radical (unpaired) electrons. The molecule has 0 fully saturated rings. The molecule has 2 N–H and O–H groups in total. The molecule has 0 aliphatic carbocycles. The van der Waals surface area contributed by atoms with Crippen LogP contribution in [0.5, 0.6) is 0 Å². The van der Waals surface area contributed by atoms with Gasteiger partial charge in [0.05, 0.1) is 17.5 Å². The zero-order valence-electron chi connectivity index (χ0n) is 10.4. The minimum Gasteiger partial charge on any atom is -0.481 e. The molecular formula is C13H14N2O3S. The molecule has 5 nitrogen and oxygen atoms in total. The Labute approximate surface area is 114 Å². The summed E-state index contributed by atoms with van der Waals surface area (Å²) in [7, 11) is 0. The van der Waals surface area contributed by atoms with Gasteiger partial charge in [-0.1, -0.05) is 19.1 Å². The number of thioether (sulfide) groups is 1. The molecule has 0 aliphatic rings. The number of fused-ring (bicyclic) bond motifs is 1. The number of nitrogens with zero attached hydrogens (tertiary/aromatic N) is 1. The Morgan fingerprint density at radius 1 is 1.47 bits per heavy atom. The first-order chi connectivity index (χ1) is 9.06. The minimum absolute atomic E-state index is 0.0508. The predicted molar refractivity (Wildman–Crippen MR) is 75.4 cm³/mol. The first-order valence-corrected chi connectivity index (χ1v) is 6.92. The molecule has 0 bridgehead atoms. The van der Waals surface area contributed by atoms with Crippen LogP contribution in [-0.2, 0) is 10.5 Å². The average molecular weight is 278 g/mol. The van der Waals surface area contributed by atoms with Crippen LogP contribution in [0.4, 0.5) is 0 Å². The fourth-order valence-corrected chi connectivity index (χ4v) is 2.59. The van der Waals surface area contributed by atoms with Crippen molar-refractivity contribution in [3.63, 3.8) is 0 Å². The van der Waals surface area contributed by atoms with Gasteiger partial charge in [-0.25, -0.2) is 4.98 Å². The minimum atomic E-state index is -0.833. The molecule has 2 rings (SSSR count). The van der Waals surface area contributed by atoms with E-state index in [-0.39, 0.29) is 17.2 Å². The zero-order chi connectivity index (χ0) is 13.8. The number of aromatic nitrogens is 2. The van der Waals surface area contributed by atoms with Gasteiger partial charge < -0.3 is 10.1 Å². The maximum Gasteiger partial charge on any atom is 0.304 e. The van der Waals surface area contributed by atoms with E-state index in [1.807, 2.05) is 25.1 Å². The Morgan fingerprint density at radius 3 is 2.95 bits per heavy atom. The molecule has 1 aromatic heterocycles. The van der Waals surface area contributed by atoms with Crippen LogP contribution in [0.2, 0.25) is 0 Å². The number of aromatic amines is 1. The van der Waals surface area contributed by atoms with E-state index in [0.717, 1.165) is 5.52 Å². The Morgan fingerprint density at radius 2 is 2.21 bits per heavy atom. The van der Waals surface area contributed by atoms with Crippen molar-refractivity contribution in [3.05, 3.63) is 40.3 Å². The monoisotopic (exact) mass is 278 g/mol. The van der Waals surface area contributed by atoms with E-state index in [1.165, 1.54) is 11.8 Å². The zero-order valence-corrected chi connectivity index (χ0v) is 11.2. The molecule has 2 aromatic rings. The van der Waals surface area contributed by atoms with Gasteiger partial charge in [-0.3, -0.25) is 9.59 Å². The lowest BCUT2D eigenvalue weighted by Gasteiger charge is -2.07. The summed E-state index contributed by atoms with van der Waals surface area (Å²) in [6.07, 6.45) is 0.0795. The van der Waals surface area contributed by atoms with Crippen LogP contribution < -0.4 is 5.56 Å². The molecule has 0 amide bonds. The van der Waals surface area contributed by atoms with Gasteiger partial charge in [-0.15, -0.1) is 0 Å². The lowest BCUT2D eigenvalue weighted by Crippen LogP contribution is -2.15. The fraction of sp³-hybridized carbons (Fsp3) is 0.308. The van der Waals surface area contributed by atoms with E-state index in [4.69, 9.17) is 5.11 Å². The maximum atomic E-state index is 11.8. The van der Waals surface area contributed by atoms with Crippen molar-refractivity contribution in [2.75, 3.05) is 0 Å². The number of benzene rings is 1. The normalized spacial score (nSPS) is 12.5. The third-order valence-corrected chi connectivity index (χ3v) is 3.81. The summed E-state index contributed by atoms with van der Waals surface area (Å²) in [5.41, 5.74) is 1.66. The summed E-state index contributed by atoms with van der Waals surface area (Å²) in [6.45, 7) is 1.83. The van der Waals surface area contributed by atoms with Gasteiger partial charge >= 0.3 is 5.97 Å². The number of para-hydroxylation sites is 2. The van der Waals surface area contributed by atoms with Gasteiger partial charge in [0.15, 0.2) is 0 Å². The molecule has 1 heterocycles. The van der Waals surface area contributed by atoms with Crippen molar-refractivity contribution in [2.24, 2.45) is 0 Å². The van der Waals surface area contributed by atoms with Gasteiger partial charge in [0.2, 0.25) is 0 Å². The molecule has 100 valence electrons. The van der Waals surface area contributed by atoms with Gasteiger partial charge in [0, 0.05) is 11.0 Å². The van der Waals surface area contributed by atoms with Crippen molar-refractivity contribution in [2.45, 2.75) is 24.3 Å². The number of carboxylic acid groups (broad SMARTS) is 1. The van der Waals surface area contributed by atoms with Crippen LogP contribution in [-0.4, -0.2) is 26.3 Å². The number of nitrogens with one attached hydrogen (secondary N) is 1. The maximum absolute atomic E-state index is 11.8. The third-order valence-electron chi connectivity index (χ3n) is 2.64. The molecule has 0 aliphatic heterocycles. The van der Waals surface area contributed by atoms with E-state index in [1.54, 1.807) is 6.07 Å². The number of hydrogen-bond acceptors (Lipinski definition) is 4. The van der Waals surface area contributed by atoms with E-state index in [9.17, 15) is 9.59 Å². The standard InChI is InChI=1S/C13H14N2O3S/c1-8(6-12(16)17)19-7-11-13(18)15-10-5-3-2-4-9(10)14-11/h2-5,8H,6-7H2,1H3,(H,15,18)(H,16,17). The Hall–Kier alpha value is -1.82. The number of carbonyl (C=O) groups is 1. The Balaban J connectivity index is 2.14. The summed E-state index contributed by atoms with van der Waals surface area (Å²) in [5, 5.41) is 8.63. The van der Waals surface area contributed by atoms with Crippen molar-refractivity contribution >= 4 is 28.8 Å². The van der Waals surface area contributed by atoms with Crippen LogP contribution in [0.1, 0.15) is 19.0 Å². The smallest absolute Gasteiger partial charge is 0.304 e. The van der Waals surface area contributed by atoms with E-state index >= 15 is 0 Å². The summed E-state index contributed by atoms with van der Waals surface area (Å²) < 4.78 is 0. The van der Waals surface area contributed by atoms with Crippen molar-refractivity contribution < 1.29 is 9.90 Å².